The van der Waals surface area contributed by atoms with E-state index in [1.165, 1.54) is 25.7 Å². The van der Waals surface area contributed by atoms with Crippen molar-refractivity contribution in [3.8, 4) is 0 Å². The van der Waals surface area contributed by atoms with Crippen LogP contribution in [0.1, 0.15) is 45.4 Å². The summed E-state index contributed by atoms with van der Waals surface area (Å²) in [4.78, 5) is 11.7. The first kappa shape index (κ1) is 10.9. The van der Waals surface area contributed by atoms with Gasteiger partial charge in [-0.25, -0.2) is 0 Å². The summed E-state index contributed by atoms with van der Waals surface area (Å²) in [6.45, 7) is 2.06. The zero-order valence-corrected chi connectivity index (χ0v) is 9.54. The van der Waals surface area contributed by atoms with Crippen LogP contribution in [0.25, 0.3) is 0 Å². The molecule has 0 spiro atoms. The van der Waals surface area contributed by atoms with Crippen LogP contribution in [0, 0.1) is 11.8 Å². The van der Waals surface area contributed by atoms with Crippen molar-refractivity contribution in [1.29, 1.82) is 0 Å². The van der Waals surface area contributed by atoms with Gasteiger partial charge < -0.3 is 11.1 Å². The van der Waals surface area contributed by atoms with Crippen LogP contribution in [0.5, 0.6) is 0 Å². The Balaban J connectivity index is 1.79. The minimum Gasteiger partial charge on any atom is -0.352 e. The van der Waals surface area contributed by atoms with Gasteiger partial charge in [0.2, 0.25) is 5.91 Å². The van der Waals surface area contributed by atoms with Gasteiger partial charge in [0.1, 0.15) is 0 Å². The fourth-order valence-electron chi connectivity index (χ4n) is 3.15. The van der Waals surface area contributed by atoms with Crippen molar-refractivity contribution in [2.24, 2.45) is 17.6 Å². The zero-order valence-electron chi connectivity index (χ0n) is 9.54. The second-order valence-electron chi connectivity index (χ2n) is 5.19. The van der Waals surface area contributed by atoms with Crippen LogP contribution in [-0.4, -0.2) is 18.0 Å². The highest BCUT2D eigenvalue weighted by Crippen LogP contribution is 2.44. The Morgan fingerprint density at radius 3 is 2.80 bits per heavy atom. The number of hydrogen-bond donors (Lipinski definition) is 2. The molecular formula is C12H22N2O. The van der Waals surface area contributed by atoms with Crippen molar-refractivity contribution in [3.05, 3.63) is 0 Å². The molecule has 0 aromatic rings. The van der Waals surface area contributed by atoms with Gasteiger partial charge in [0, 0.05) is 6.04 Å². The quantitative estimate of drug-likeness (QED) is 0.737. The fourth-order valence-corrected chi connectivity index (χ4v) is 3.15. The number of carbonyl (C=O) groups is 1. The lowest BCUT2D eigenvalue weighted by Gasteiger charge is -2.24. The monoisotopic (exact) mass is 210 g/mol. The van der Waals surface area contributed by atoms with Gasteiger partial charge in [0.15, 0.2) is 0 Å². The third-order valence-corrected chi connectivity index (χ3v) is 4.00. The lowest BCUT2D eigenvalue weighted by Crippen LogP contribution is -2.47. The molecule has 2 aliphatic carbocycles. The average molecular weight is 210 g/mol. The molecule has 3 N–H and O–H groups in total. The number of rotatable bonds is 4. The molecule has 15 heavy (non-hydrogen) atoms. The molecule has 2 bridgehead atoms. The molecule has 1 amide bonds. The summed E-state index contributed by atoms with van der Waals surface area (Å²) in [5.41, 5.74) is 5.79. The Morgan fingerprint density at radius 2 is 2.27 bits per heavy atom. The van der Waals surface area contributed by atoms with Gasteiger partial charge in [-0.15, -0.1) is 0 Å². The van der Waals surface area contributed by atoms with Crippen LogP contribution in [0.3, 0.4) is 0 Å². The number of fused-ring (bicyclic) bond motifs is 2. The largest absolute Gasteiger partial charge is 0.352 e. The predicted molar refractivity (Wildman–Crippen MR) is 60.3 cm³/mol. The highest BCUT2D eigenvalue weighted by atomic mass is 16.2. The van der Waals surface area contributed by atoms with Crippen molar-refractivity contribution >= 4 is 5.91 Å². The molecule has 2 saturated carbocycles. The van der Waals surface area contributed by atoms with E-state index in [1.807, 2.05) is 0 Å². The smallest absolute Gasteiger partial charge is 0.237 e. The van der Waals surface area contributed by atoms with Crippen molar-refractivity contribution in [2.45, 2.75) is 57.5 Å². The maximum absolute atomic E-state index is 11.7. The van der Waals surface area contributed by atoms with E-state index < -0.39 is 0 Å². The van der Waals surface area contributed by atoms with E-state index in [4.69, 9.17) is 5.73 Å². The highest BCUT2D eigenvalue weighted by molar-refractivity contribution is 5.81. The molecule has 3 heteroatoms. The standard InChI is InChI=1S/C12H22N2O/c1-2-3-10(13)12(15)14-11-7-8-4-5-9(11)6-8/h8-11H,2-7,13H2,1H3,(H,14,15). The minimum absolute atomic E-state index is 0.0643. The number of nitrogens with one attached hydrogen (secondary N) is 1. The lowest BCUT2D eigenvalue weighted by molar-refractivity contribution is -0.123. The second kappa shape index (κ2) is 4.52. The normalized spacial score (nSPS) is 35.5. The number of carbonyl (C=O) groups excluding carboxylic acids is 1. The van der Waals surface area contributed by atoms with E-state index in [1.54, 1.807) is 0 Å². The minimum atomic E-state index is -0.297. The van der Waals surface area contributed by atoms with Crippen LogP contribution >= 0.6 is 0 Å². The average Bonchev–Trinajstić information content (AvgIpc) is 2.79. The van der Waals surface area contributed by atoms with Crippen molar-refractivity contribution in [3.63, 3.8) is 0 Å². The molecule has 0 aromatic heterocycles. The van der Waals surface area contributed by atoms with E-state index in [0.717, 1.165) is 24.7 Å². The maximum atomic E-state index is 11.7. The van der Waals surface area contributed by atoms with Crippen LogP contribution in [-0.2, 0) is 4.79 Å². The Morgan fingerprint density at radius 1 is 1.47 bits per heavy atom. The van der Waals surface area contributed by atoms with Crippen LogP contribution in [0.2, 0.25) is 0 Å². The molecular weight excluding hydrogens is 188 g/mol. The second-order valence-corrected chi connectivity index (χ2v) is 5.19. The summed E-state index contributed by atoms with van der Waals surface area (Å²) in [6, 6.07) is 0.133. The van der Waals surface area contributed by atoms with Crippen LogP contribution in [0.4, 0.5) is 0 Å². The summed E-state index contributed by atoms with van der Waals surface area (Å²) < 4.78 is 0. The van der Waals surface area contributed by atoms with Gasteiger partial charge >= 0.3 is 0 Å². The number of amides is 1. The fraction of sp³-hybridized carbons (Fsp3) is 0.917. The Bertz CT molecular complexity index is 242. The van der Waals surface area contributed by atoms with Crippen molar-refractivity contribution < 1.29 is 4.79 Å². The van der Waals surface area contributed by atoms with Crippen molar-refractivity contribution in [1.82, 2.24) is 5.32 Å². The molecule has 4 atom stereocenters. The van der Waals surface area contributed by atoms with Gasteiger partial charge in [-0.3, -0.25) is 4.79 Å². The van der Waals surface area contributed by atoms with Gasteiger partial charge in [-0.2, -0.15) is 0 Å². The predicted octanol–water partition coefficient (Wildman–Crippen LogP) is 1.42. The highest BCUT2D eigenvalue weighted by Gasteiger charge is 2.40. The number of hydrogen-bond acceptors (Lipinski definition) is 2. The maximum Gasteiger partial charge on any atom is 0.237 e. The topological polar surface area (TPSA) is 55.1 Å². The van der Waals surface area contributed by atoms with Crippen LogP contribution < -0.4 is 11.1 Å². The van der Waals surface area contributed by atoms with E-state index >= 15 is 0 Å². The van der Waals surface area contributed by atoms with E-state index in [-0.39, 0.29) is 11.9 Å². The zero-order chi connectivity index (χ0) is 10.8. The molecule has 2 rings (SSSR count). The first-order valence-electron chi connectivity index (χ1n) is 6.26. The summed E-state index contributed by atoms with van der Waals surface area (Å²) in [5.74, 6) is 1.69. The van der Waals surface area contributed by atoms with Crippen molar-refractivity contribution in [2.75, 3.05) is 0 Å². The van der Waals surface area contributed by atoms with Gasteiger partial charge in [-0.05, 0) is 37.5 Å². The molecule has 0 aliphatic heterocycles. The summed E-state index contributed by atoms with van der Waals surface area (Å²) >= 11 is 0. The Labute approximate surface area is 91.8 Å². The molecule has 4 unspecified atom stereocenters. The van der Waals surface area contributed by atoms with Gasteiger partial charge in [-0.1, -0.05) is 19.8 Å². The lowest BCUT2D eigenvalue weighted by atomic mass is 9.95. The molecule has 2 aliphatic rings. The third kappa shape index (κ3) is 2.33. The molecule has 0 heterocycles. The van der Waals surface area contributed by atoms with Crippen LogP contribution in [0.15, 0.2) is 0 Å². The molecule has 3 nitrogen and oxygen atoms in total. The molecule has 86 valence electrons. The third-order valence-electron chi connectivity index (χ3n) is 4.00. The SMILES string of the molecule is CCCC(N)C(=O)NC1CC2CCC1C2. The van der Waals surface area contributed by atoms with E-state index in [0.29, 0.717) is 6.04 Å². The van der Waals surface area contributed by atoms with E-state index in [9.17, 15) is 4.79 Å². The summed E-state index contributed by atoms with van der Waals surface area (Å²) in [7, 11) is 0. The summed E-state index contributed by atoms with van der Waals surface area (Å²) in [6.07, 6.45) is 6.97. The number of nitrogens with two attached hydrogens (primary N) is 1. The summed E-state index contributed by atoms with van der Waals surface area (Å²) in [5, 5.41) is 3.13. The molecule has 0 saturated heterocycles. The Hall–Kier alpha value is -0.570. The molecule has 0 radical (unpaired) electrons. The van der Waals surface area contributed by atoms with E-state index in [2.05, 4.69) is 12.2 Å². The van der Waals surface area contributed by atoms with Gasteiger partial charge in [0.25, 0.3) is 0 Å². The molecule has 2 fully saturated rings. The Kier molecular flexibility index (Phi) is 3.29. The van der Waals surface area contributed by atoms with Gasteiger partial charge in [0.05, 0.1) is 6.04 Å². The first-order chi connectivity index (χ1) is 7.20. The molecule has 0 aromatic carbocycles. The first-order valence-corrected chi connectivity index (χ1v) is 6.26.